The highest BCUT2D eigenvalue weighted by Gasteiger charge is 2.19. The second kappa shape index (κ2) is 6.27. The van der Waals surface area contributed by atoms with Crippen LogP contribution in [0.1, 0.15) is 20.3 Å². The number of ether oxygens (including phenoxy) is 1. The van der Waals surface area contributed by atoms with Gasteiger partial charge < -0.3 is 15.6 Å². The third-order valence-electron chi connectivity index (χ3n) is 1.50. The van der Waals surface area contributed by atoms with Crippen molar-refractivity contribution in [1.29, 1.82) is 0 Å². The molecule has 0 saturated carbocycles. The molecule has 0 aliphatic heterocycles. The van der Waals surface area contributed by atoms with E-state index in [9.17, 15) is 9.90 Å². The van der Waals surface area contributed by atoms with Crippen molar-refractivity contribution < 1.29 is 14.6 Å². The molecule has 0 saturated heterocycles. The molecule has 4 nitrogen and oxygen atoms in total. The molecule has 0 amide bonds. The average molecular weight is 221 g/mol. The number of hydrogen-bond acceptors (Lipinski definition) is 5. The first-order valence-corrected chi connectivity index (χ1v) is 5.90. The third kappa shape index (κ3) is 7.17. The number of esters is 1. The third-order valence-corrected chi connectivity index (χ3v) is 2.15. The van der Waals surface area contributed by atoms with Crippen molar-refractivity contribution in [2.75, 3.05) is 18.6 Å². The number of nitrogens with two attached hydrogens (primary N) is 1. The Morgan fingerprint density at radius 3 is 2.64 bits per heavy atom. The predicted molar refractivity (Wildman–Crippen MR) is 58.2 cm³/mol. The van der Waals surface area contributed by atoms with E-state index in [-0.39, 0.29) is 6.61 Å². The molecule has 0 radical (unpaired) electrons. The molecule has 0 aromatic carbocycles. The van der Waals surface area contributed by atoms with E-state index in [1.54, 1.807) is 25.6 Å². The predicted octanol–water partition coefficient (Wildman–Crippen LogP) is 0.381. The van der Waals surface area contributed by atoms with E-state index < -0.39 is 17.6 Å². The maximum atomic E-state index is 11.2. The lowest BCUT2D eigenvalue weighted by atomic mass is 10.2. The smallest absolute Gasteiger partial charge is 0.323 e. The van der Waals surface area contributed by atoms with Gasteiger partial charge in [0.25, 0.3) is 0 Å². The molecule has 0 spiro atoms. The van der Waals surface area contributed by atoms with Crippen LogP contribution in [0.15, 0.2) is 0 Å². The Kier molecular flexibility index (Phi) is 6.15. The molecule has 0 aliphatic carbocycles. The van der Waals surface area contributed by atoms with Crippen molar-refractivity contribution in [2.45, 2.75) is 31.9 Å². The minimum Gasteiger partial charge on any atom is -0.461 e. The molecule has 3 N–H and O–H groups in total. The van der Waals surface area contributed by atoms with Crippen molar-refractivity contribution in [3.8, 4) is 0 Å². The maximum absolute atomic E-state index is 11.2. The van der Waals surface area contributed by atoms with Crippen LogP contribution in [-0.4, -0.2) is 41.3 Å². The Labute approximate surface area is 89.2 Å². The normalized spacial score (nSPS) is 13.8. The number of thioether (sulfide) groups is 1. The van der Waals surface area contributed by atoms with Gasteiger partial charge in [-0.2, -0.15) is 11.8 Å². The van der Waals surface area contributed by atoms with Gasteiger partial charge in [-0.3, -0.25) is 4.79 Å². The zero-order valence-corrected chi connectivity index (χ0v) is 9.76. The summed E-state index contributed by atoms with van der Waals surface area (Å²) < 4.78 is 4.84. The maximum Gasteiger partial charge on any atom is 0.323 e. The van der Waals surface area contributed by atoms with Gasteiger partial charge in [-0.25, -0.2) is 0 Å². The SMILES string of the molecule is CSCC[C@H](N)C(=O)OCC(C)(C)O. The summed E-state index contributed by atoms with van der Waals surface area (Å²) in [4.78, 5) is 11.2. The molecule has 84 valence electrons. The van der Waals surface area contributed by atoms with Gasteiger partial charge in [0.15, 0.2) is 0 Å². The molecule has 0 aromatic heterocycles. The van der Waals surface area contributed by atoms with Gasteiger partial charge in [-0.05, 0) is 32.3 Å². The van der Waals surface area contributed by atoms with E-state index in [0.717, 1.165) is 5.75 Å². The highest BCUT2D eigenvalue weighted by molar-refractivity contribution is 7.98. The lowest BCUT2D eigenvalue weighted by molar-refractivity contribution is -0.151. The summed E-state index contributed by atoms with van der Waals surface area (Å²) in [6.45, 7) is 3.14. The van der Waals surface area contributed by atoms with Crippen molar-refractivity contribution >= 4 is 17.7 Å². The quantitative estimate of drug-likeness (QED) is 0.634. The molecule has 14 heavy (non-hydrogen) atoms. The van der Waals surface area contributed by atoms with Crippen molar-refractivity contribution in [3.63, 3.8) is 0 Å². The Morgan fingerprint density at radius 1 is 1.64 bits per heavy atom. The van der Waals surface area contributed by atoms with Crippen LogP contribution in [0.3, 0.4) is 0 Å². The highest BCUT2D eigenvalue weighted by Crippen LogP contribution is 2.04. The molecule has 0 heterocycles. The van der Waals surface area contributed by atoms with Crippen LogP contribution in [0.4, 0.5) is 0 Å². The molecule has 5 heteroatoms. The number of rotatable bonds is 6. The Bertz CT molecular complexity index is 179. The summed E-state index contributed by atoms with van der Waals surface area (Å²) in [6.07, 6.45) is 2.56. The Hall–Kier alpha value is -0.260. The fraction of sp³-hybridized carbons (Fsp3) is 0.889. The van der Waals surface area contributed by atoms with Gasteiger partial charge in [-0.15, -0.1) is 0 Å². The highest BCUT2D eigenvalue weighted by atomic mass is 32.2. The fourth-order valence-electron chi connectivity index (χ4n) is 0.717. The van der Waals surface area contributed by atoms with Gasteiger partial charge in [0.2, 0.25) is 0 Å². The molecular formula is C9H19NO3S. The molecular weight excluding hydrogens is 202 g/mol. The van der Waals surface area contributed by atoms with E-state index in [4.69, 9.17) is 10.5 Å². The second-order valence-electron chi connectivity index (χ2n) is 3.81. The summed E-state index contributed by atoms with van der Waals surface area (Å²) >= 11 is 1.63. The van der Waals surface area contributed by atoms with Crippen LogP contribution in [0.2, 0.25) is 0 Å². The zero-order chi connectivity index (χ0) is 11.2. The number of carbonyl (C=O) groups is 1. The van der Waals surface area contributed by atoms with Crippen LogP contribution >= 0.6 is 11.8 Å². The Balaban J connectivity index is 3.73. The summed E-state index contributed by atoms with van der Waals surface area (Å²) in [5.74, 6) is 0.389. The largest absolute Gasteiger partial charge is 0.461 e. The summed E-state index contributed by atoms with van der Waals surface area (Å²) in [5, 5.41) is 9.30. The van der Waals surface area contributed by atoms with Crippen LogP contribution in [-0.2, 0) is 9.53 Å². The molecule has 0 unspecified atom stereocenters. The van der Waals surface area contributed by atoms with Crippen molar-refractivity contribution in [3.05, 3.63) is 0 Å². The zero-order valence-electron chi connectivity index (χ0n) is 8.95. The second-order valence-corrected chi connectivity index (χ2v) is 4.79. The van der Waals surface area contributed by atoms with Gasteiger partial charge in [0.1, 0.15) is 12.6 Å². The van der Waals surface area contributed by atoms with Crippen LogP contribution in [0, 0.1) is 0 Å². The van der Waals surface area contributed by atoms with Crippen LogP contribution in [0.5, 0.6) is 0 Å². The minimum absolute atomic E-state index is 0.0151. The van der Waals surface area contributed by atoms with E-state index >= 15 is 0 Å². The Morgan fingerprint density at radius 2 is 2.21 bits per heavy atom. The van der Waals surface area contributed by atoms with E-state index in [2.05, 4.69) is 0 Å². The molecule has 0 bridgehead atoms. The molecule has 0 fully saturated rings. The van der Waals surface area contributed by atoms with E-state index in [0.29, 0.717) is 6.42 Å². The number of aliphatic hydroxyl groups is 1. The van der Waals surface area contributed by atoms with Crippen LogP contribution in [0.25, 0.3) is 0 Å². The summed E-state index contributed by atoms with van der Waals surface area (Å²) in [7, 11) is 0. The standard InChI is InChI=1S/C9H19NO3S/c1-9(2,12)6-13-8(11)7(10)4-5-14-3/h7,12H,4-6,10H2,1-3H3/t7-/m0/s1. The van der Waals surface area contributed by atoms with E-state index in [1.807, 2.05) is 6.26 Å². The number of carbonyl (C=O) groups excluding carboxylic acids is 1. The molecule has 0 rings (SSSR count). The topological polar surface area (TPSA) is 72.6 Å². The number of hydrogen-bond donors (Lipinski definition) is 2. The first kappa shape index (κ1) is 13.7. The summed E-state index contributed by atoms with van der Waals surface area (Å²) in [6, 6.07) is -0.579. The summed E-state index contributed by atoms with van der Waals surface area (Å²) in [5.41, 5.74) is 4.57. The van der Waals surface area contributed by atoms with Crippen LogP contribution < -0.4 is 5.73 Å². The lowest BCUT2D eigenvalue weighted by Gasteiger charge is -2.18. The molecule has 0 aromatic rings. The van der Waals surface area contributed by atoms with Gasteiger partial charge in [0.05, 0.1) is 5.60 Å². The monoisotopic (exact) mass is 221 g/mol. The van der Waals surface area contributed by atoms with Gasteiger partial charge >= 0.3 is 5.97 Å². The lowest BCUT2D eigenvalue weighted by Crippen LogP contribution is -2.36. The minimum atomic E-state index is -0.991. The fourth-order valence-corrected chi connectivity index (χ4v) is 1.21. The first-order chi connectivity index (χ1) is 6.37. The van der Waals surface area contributed by atoms with Gasteiger partial charge in [-0.1, -0.05) is 0 Å². The molecule has 0 aliphatic rings. The molecule has 1 atom stereocenters. The van der Waals surface area contributed by atoms with Crippen molar-refractivity contribution in [1.82, 2.24) is 0 Å². The van der Waals surface area contributed by atoms with Crippen molar-refractivity contribution in [2.24, 2.45) is 5.73 Å². The first-order valence-electron chi connectivity index (χ1n) is 4.50. The van der Waals surface area contributed by atoms with Gasteiger partial charge in [0, 0.05) is 0 Å². The average Bonchev–Trinajstić information content (AvgIpc) is 2.09. The van der Waals surface area contributed by atoms with E-state index in [1.165, 1.54) is 0 Å².